The third kappa shape index (κ3) is 2.86. The molecular formula is C12H13BrFN3O2. The van der Waals surface area contributed by atoms with E-state index in [9.17, 15) is 9.18 Å². The van der Waals surface area contributed by atoms with Crippen LogP contribution in [0.5, 0.6) is 0 Å². The van der Waals surface area contributed by atoms with Crippen LogP contribution in [-0.4, -0.2) is 22.1 Å². The van der Waals surface area contributed by atoms with E-state index in [0.717, 1.165) is 0 Å². The van der Waals surface area contributed by atoms with Gasteiger partial charge in [0.05, 0.1) is 28.5 Å². The molecular weight excluding hydrogens is 317 g/mol. The zero-order valence-corrected chi connectivity index (χ0v) is 11.9. The van der Waals surface area contributed by atoms with Gasteiger partial charge in [0.25, 0.3) is 0 Å². The van der Waals surface area contributed by atoms with Crippen molar-refractivity contribution in [3.63, 3.8) is 0 Å². The molecule has 0 aliphatic rings. The van der Waals surface area contributed by atoms with E-state index in [1.165, 1.54) is 6.07 Å². The molecule has 0 atom stereocenters. The molecule has 1 heterocycles. The number of ether oxygens (including phenoxy) is 1. The average molecular weight is 330 g/mol. The molecule has 5 nitrogen and oxygen atoms in total. The van der Waals surface area contributed by atoms with E-state index in [4.69, 9.17) is 10.5 Å². The fourth-order valence-corrected chi connectivity index (χ4v) is 2.14. The van der Waals surface area contributed by atoms with Crippen molar-refractivity contribution in [2.24, 2.45) is 0 Å². The third-order valence-electron chi connectivity index (χ3n) is 2.66. The van der Waals surface area contributed by atoms with Crippen LogP contribution in [0.3, 0.4) is 0 Å². The van der Waals surface area contributed by atoms with E-state index in [0.29, 0.717) is 28.7 Å². The molecule has 0 unspecified atom stereocenters. The first kappa shape index (κ1) is 13.8. The van der Waals surface area contributed by atoms with E-state index in [-0.39, 0.29) is 18.3 Å². The highest BCUT2D eigenvalue weighted by atomic mass is 79.9. The van der Waals surface area contributed by atoms with Crippen molar-refractivity contribution in [3.8, 4) is 0 Å². The van der Waals surface area contributed by atoms with Crippen molar-refractivity contribution in [1.29, 1.82) is 0 Å². The third-order valence-corrected chi connectivity index (χ3v) is 3.27. The molecule has 2 N–H and O–H groups in total. The number of nitrogens with two attached hydrogens (primary N) is 1. The fourth-order valence-electron chi connectivity index (χ4n) is 1.81. The number of nitrogens with zero attached hydrogens (tertiary/aromatic N) is 2. The topological polar surface area (TPSA) is 70.1 Å². The minimum absolute atomic E-state index is 0.193. The number of anilines is 1. The van der Waals surface area contributed by atoms with Crippen LogP contribution in [-0.2, 0) is 16.1 Å². The molecule has 0 bridgehead atoms. The van der Waals surface area contributed by atoms with Gasteiger partial charge in [-0.3, -0.25) is 4.79 Å². The number of hydrogen-bond acceptors (Lipinski definition) is 4. The van der Waals surface area contributed by atoms with Crippen LogP contribution < -0.4 is 5.73 Å². The summed E-state index contributed by atoms with van der Waals surface area (Å²) in [5, 5.41) is 0. The lowest BCUT2D eigenvalue weighted by Crippen LogP contribution is -2.10. The van der Waals surface area contributed by atoms with Crippen molar-refractivity contribution >= 4 is 38.9 Å². The smallest absolute Gasteiger partial charge is 0.307 e. The summed E-state index contributed by atoms with van der Waals surface area (Å²) in [6, 6.07) is 2.90. The molecule has 0 spiro atoms. The minimum atomic E-state index is -0.400. The molecule has 0 saturated carbocycles. The number of nitrogen functional groups attached to an aromatic ring is 1. The molecule has 0 amide bonds. The summed E-state index contributed by atoms with van der Waals surface area (Å²) in [6.07, 6.45) is 0.193. The van der Waals surface area contributed by atoms with Gasteiger partial charge < -0.3 is 15.0 Å². The molecule has 0 saturated heterocycles. The average Bonchev–Trinajstić information content (AvgIpc) is 2.63. The fraction of sp³-hybridized carbons (Fsp3) is 0.333. The highest BCUT2D eigenvalue weighted by Gasteiger charge is 2.13. The van der Waals surface area contributed by atoms with Gasteiger partial charge in [-0.2, -0.15) is 0 Å². The maximum atomic E-state index is 13.4. The van der Waals surface area contributed by atoms with E-state index >= 15 is 0 Å². The van der Waals surface area contributed by atoms with E-state index < -0.39 is 5.82 Å². The lowest BCUT2D eigenvalue weighted by Gasteiger charge is -2.06. The van der Waals surface area contributed by atoms with Crippen LogP contribution in [0.4, 0.5) is 10.3 Å². The quantitative estimate of drug-likeness (QED) is 0.875. The summed E-state index contributed by atoms with van der Waals surface area (Å²) < 4.78 is 20.2. The number of esters is 1. The maximum absolute atomic E-state index is 13.4. The number of halogens is 2. The molecule has 0 radical (unpaired) electrons. The van der Waals surface area contributed by atoms with Crippen molar-refractivity contribution < 1.29 is 13.9 Å². The van der Waals surface area contributed by atoms with Crippen LogP contribution >= 0.6 is 15.9 Å². The van der Waals surface area contributed by atoms with Gasteiger partial charge in [-0.25, -0.2) is 9.37 Å². The van der Waals surface area contributed by atoms with E-state index in [1.54, 1.807) is 17.6 Å². The van der Waals surface area contributed by atoms with Crippen molar-refractivity contribution in [3.05, 3.63) is 22.4 Å². The molecule has 2 aromatic rings. The summed E-state index contributed by atoms with van der Waals surface area (Å²) in [4.78, 5) is 15.4. The zero-order valence-electron chi connectivity index (χ0n) is 10.3. The van der Waals surface area contributed by atoms with Gasteiger partial charge in [-0.15, -0.1) is 0 Å². The van der Waals surface area contributed by atoms with Gasteiger partial charge >= 0.3 is 5.97 Å². The highest BCUT2D eigenvalue weighted by Crippen LogP contribution is 2.25. The number of aromatic nitrogens is 2. The lowest BCUT2D eigenvalue weighted by atomic mass is 10.3. The van der Waals surface area contributed by atoms with E-state index in [2.05, 4.69) is 20.9 Å². The number of imidazole rings is 1. The molecule has 19 heavy (non-hydrogen) atoms. The molecule has 102 valence electrons. The Morgan fingerprint density at radius 3 is 3.00 bits per heavy atom. The normalized spacial score (nSPS) is 10.9. The zero-order chi connectivity index (χ0) is 14.0. The molecule has 1 aromatic carbocycles. The summed E-state index contributed by atoms with van der Waals surface area (Å²) in [5.41, 5.74) is 6.91. The first-order chi connectivity index (χ1) is 9.02. The second-order valence-corrected chi connectivity index (χ2v) is 4.79. The molecule has 0 aliphatic carbocycles. The number of benzene rings is 1. The number of hydrogen-bond donors (Lipinski definition) is 1. The van der Waals surface area contributed by atoms with Gasteiger partial charge in [-0.1, -0.05) is 0 Å². The number of carbonyl (C=O) groups is 1. The summed E-state index contributed by atoms with van der Waals surface area (Å²) in [7, 11) is 0. The predicted octanol–water partition coefficient (Wildman–Crippen LogP) is 2.47. The first-order valence-corrected chi connectivity index (χ1v) is 6.58. The van der Waals surface area contributed by atoms with Crippen LogP contribution in [0.2, 0.25) is 0 Å². The van der Waals surface area contributed by atoms with Gasteiger partial charge in [0, 0.05) is 12.6 Å². The summed E-state index contributed by atoms with van der Waals surface area (Å²) >= 11 is 3.12. The van der Waals surface area contributed by atoms with Crippen molar-refractivity contribution in [2.75, 3.05) is 12.3 Å². The Balaban J connectivity index is 2.30. The van der Waals surface area contributed by atoms with Gasteiger partial charge in [-0.05, 0) is 28.9 Å². The largest absolute Gasteiger partial charge is 0.466 e. The van der Waals surface area contributed by atoms with Crippen LogP contribution in [0.25, 0.3) is 11.0 Å². The standard InChI is InChI=1S/C12H13BrFN3O2/c1-2-19-11(18)3-4-17-10-5-7(13)8(14)6-9(10)16-12(17)15/h5-6H,2-4H2,1H3,(H2,15,16). The second-order valence-electron chi connectivity index (χ2n) is 3.93. The Morgan fingerprint density at radius 1 is 1.58 bits per heavy atom. The van der Waals surface area contributed by atoms with Gasteiger partial charge in [0.2, 0.25) is 5.95 Å². The molecule has 7 heteroatoms. The van der Waals surface area contributed by atoms with Crippen LogP contribution in [0, 0.1) is 5.82 Å². The SMILES string of the molecule is CCOC(=O)CCn1c(N)nc2cc(F)c(Br)cc21. The highest BCUT2D eigenvalue weighted by molar-refractivity contribution is 9.10. The van der Waals surface area contributed by atoms with Gasteiger partial charge in [0.1, 0.15) is 5.82 Å². The maximum Gasteiger partial charge on any atom is 0.307 e. The monoisotopic (exact) mass is 329 g/mol. The molecule has 0 aliphatic heterocycles. The predicted molar refractivity (Wildman–Crippen MR) is 73.1 cm³/mol. The second kappa shape index (κ2) is 5.56. The Hall–Kier alpha value is -1.63. The minimum Gasteiger partial charge on any atom is -0.466 e. The number of aryl methyl sites for hydroxylation is 1. The Kier molecular flexibility index (Phi) is 4.04. The first-order valence-electron chi connectivity index (χ1n) is 5.79. The summed E-state index contributed by atoms with van der Waals surface area (Å²) in [6.45, 7) is 2.44. The summed E-state index contributed by atoms with van der Waals surface area (Å²) in [5.74, 6) is -0.454. The van der Waals surface area contributed by atoms with E-state index in [1.807, 2.05) is 0 Å². The number of rotatable bonds is 4. The Labute approximate surface area is 117 Å². The molecule has 1 aromatic heterocycles. The molecule has 0 fully saturated rings. The van der Waals surface area contributed by atoms with Crippen LogP contribution in [0.15, 0.2) is 16.6 Å². The Morgan fingerprint density at radius 2 is 2.32 bits per heavy atom. The number of fused-ring (bicyclic) bond motifs is 1. The molecule has 2 rings (SSSR count). The van der Waals surface area contributed by atoms with Gasteiger partial charge in [0.15, 0.2) is 0 Å². The lowest BCUT2D eigenvalue weighted by molar-refractivity contribution is -0.143. The van der Waals surface area contributed by atoms with Crippen molar-refractivity contribution in [2.45, 2.75) is 19.9 Å². The number of carbonyl (C=O) groups excluding carboxylic acids is 1. The van der Waals surface area contributed by atoms with Crippen LogP contribution in [0.1, 0.15) is 13.3 Å². The Bertz CT molecular complexity index is 627. The van der Waals surface area contributed by atoms with Crippen molar-refractivity contribution in [1.82, 2.24) is 9.55 Å².